The van der Waals surface area contributed by atoms with Gasteiger partial charge in [-0.05, 0) is 55.5 Å². The molecule has 0 spiro atoms. The van der Waals surface area contributed by atoms with Crippen LogP contribution in [0.2, 0.25) is 0 Å². The molecule has 0 radical (unpaired) electrons. The molecule has 1 amide bonds. The summed E-state index contributed by atoms with van der Waals surface area (Å²) in [4.78, 5) is 12.1. The third-order valence-electron chi connectivity index (χ3n) is 3.37. The van der Waals surface area contributed by atoms with E-state index in [2.05, 4.69) is 10.6 Å². The van der Waals surface area contributed by atoms with Gasteiger partial charge in [0.1, 0.15) is 11.5 Å². The molecule has 2 aromatic rings. The summed E-state index contributed by atoms with van der Waals surface area (Å²) in [6.45, 7) is 1.97. The van der Waals surface area contributed by atoms with Crippen molar-refractivity contribution in [3.05, 3.63) is 48.5 Å². The van der Waals surface area contributed by atoms with Gasteiger partial charge in [0.05, 0.1) is 14.2 Å². The average molecular weight is 314 g/mol. The van der Waals surface area contributed by atoms with E-state index >= 15 is 0 Å². The highest BCUT2D eigenvalue weighted by molar-refractivity contribution is 5.91. The Labute approximate surface area is 136 Å². The fourth-order valence-electron chi connectivity index (χ4n) is 2.19. The lowest BCUT2D eigenvalue weighted by Crippen LogP contribution is -2.23. The minimum Gasteiger partial charge on any atom is -0.497 e. The Bertz CT molecular complexity index is 624. The molecule has 23 heavy (non-hydrogen) atoms. The van der Waals surface area contributed by atoms with Crippen molar-refractivity contribution >= 4 is 17.3 Å². The van der Waals surface area contributed by atoms with E-state index in [0.717, 1.165) is 22.9 Å². The quantitative estimate of drug-likeness (QED) is 0.821. The topological polar surface area (TPSA) is 59.6 Å². The molecule has 5 nitrogen and oxygen atoms in total. The van der Waals surface area contributed by atoms with Gasteiger partial charge in [0.25, 0.3) is 0 Å². The number of rotatable bonds is 7. The summed E-state index contributed by atoms with van der Waals surface area (Å²) >= 11 is 0. The normalized spacial score (nSPS) is 11.4. The standard InChI is InChI=1S/C18H22N2O3/c1-13(19-14-4-8-16(22-2)9-5-14)12-18(21)20-15-6-10-17(23-3)11-7-15/h4-11,13,19H,12H2,1-3H3,(H,20,21). The maximum Gasteiger partial charge on any atom is 0.226 e. The molecule has 0 aliphatic heterocycles. The summed E-state index contributed by atoms with van der Waals surface area (Å²) in [6, 6.07) is 14.9. The maximum absolute atomic E-state index is 12.1. The number of hydrogen-bond acceptors (Lipinski definition) is 4. The van der Waals surface area contributed by atoms with E-state index in [1.807, 2.05) is 55.5 Å². The van der Waals surface area contributed by atoms with Gasteiger partial charge in [0.15, 0.2) is 0 Å². The highest BCUT2D eigenvalue weighted by Gasteiger charge is 2.09. The van der Waals surface area contributed by atoms with Crippen molar-refractivity contribution < 1.29 is 14.3 Å². The van der Waals surface area contributed by atoms with Crippen molar-refractivity contribution in [3.63, 3.8) is 0 Å². The summed E-state index contributed by atoms with van der Waals surface area (Å²) in [5, 5.41) is 6.17. The van der Waals surface area contributed by atoms with E-state index < -0.39 is 0 Å². The number of carbonyl (C=O) groups is 1. The molecule has 1 unspecified atom stereocenters. The average Bonchev–Trinajstić information content (AvgIpc) is 2.56. The van der Waals surface area contributed by atoms with Crippen molar-refractivity contribution in [2.75, 3.05) is 24.9 Å². The molecule has 2 N–H and O–H groups in total. The molecule has 0 aromatic heterocycles. The zero-order valence-electron chi connectivity index (χ0n) is 13.6. The number of methoxy groups -OCH3 is 2. The monoisotopic (exact) mass is 314 g/mol. The number of benzene rings is 2. The number of amides is 1. The van der Waals surface area contributed by atoms with Gasteiger partial charge in [-0.2, -0.15) is 0 Å². The Morgan fingerprint density at radius 3 is 1.87 bits per heavy atom. The molecule has 0 aliphatic carbocycles. The smallest absolute Gasteiger partial charge is 0.226 e. The molecule has 2 aromatic carbocycles. The van der Waals surface area contributed by atoms with Crippen LogP contribution in [0.5, 0.6) is 11.5 Å². The van der Waals surface area contributed by atoms with Gasteiger partial charge < -0.3 is 20.1 Å². The van der Waals surface area contributed by atoms with Crippen LogP contribution in [0, 0.1) is 0 Å². The summed E-state index contributed by atoms with van der Waals surface area (Å²) < 4.78 is 10.2. The lowest BCUT2D eigenvalue weighted by Gasteiger charge is -2.15. The van der Waals surface area contributed by atoms with E-state index in [-0.39, 0.29) is 11.9 Å². The van der Waals surface area contributed by atoms with Crippen molar-refractivity contribution in [3.8, 4) is 11.5 Å². The van der Waals surface area contributed by atoms with E-state index in [4.69, 9.17) is 9.47 Å². The maximum atomic E-state index is 12.1. The third-order valence-corrected chi connectivity index (χ3v) is 3.37. The lowest BCUT2D eigenvalue weighted by molar-refractivity contribution is -0.116. The second kappa shape index (κ2) is 8.08. The second-order valence-electron chi connectivity index (χ2n) is 5.25. The first kappa shape index (κ1) is 16.7. The molecular weight excluding hydrogens is 292 g/mol. The number of nitrogens with one attached hydrogen (secondary N) is 2. The minimum atomic E-state index is -0.0383. The van der Waals surface area contributed by atoms with Crippen LogP contribution in [-0.2, 0) is 4.79 Å². The van der Waals surface area contributed by atoms with Gasteiger partial charge in [-0.15, -0.1) is 0 Å². The third kappa shape index (κ3) is 5.21. The molecule has 0 bridgehead atoms. The highest BCUT2D eigenvalue weighted by Crippen LogP contribution is 2.17. The molecule has 2 rings (SSSR count). The van der Waals surface area contributed by atoms with Gasteiger partial charge in [-0.3, -0.25) is 4.79 Å². The number of ether oxygens (including phenoxy) is 2. The van der Waals surface area contributed by atoms with Crippen molar-refractivity contribution in [1.82, 2.24) is 0 Å². The Hall–Kier alpha value is -2.69. The summed E-state index contributed by atoms with van der Waals surface area (Å²) in [7, 11) is 3.24. The summed E-state index contributed by atoms with van der Waals surface area (Å²) in [6.07, 6.45) is 0.373. The van der Waals surface area contributed by atoms with E-state index in [1.165, 1.54) is 0 Å². The van der Waals surface area contributed by atoms with Crippen molar-refractivity contribution in [1.29, 1.82) is 0 Å². The van der Waals surface area contributed by atoms with E-state index in [9.17, 15) is 4.79 Å². The molecule has 0 heterocycles. The number of carbonyl (C=O) groups excluding carboxylic acids is 1. The SMILES string of the molecule is COc1ccc(NC(=O)CC(C)Nc2ccc(OC)cc2)cc1. The Kier molecular flexibility index (Phi) is 5.86. The Morgan fingerprint density at radius 2 is 1.39 bits per heavy atom. The molecule has 0 aliphatic rings. The molecule has 0 fully saturated rings. The van der Waals surface area contributed by atoms with Crippen LogP contribution in [0.3, 0.4) is 0 Å². The van der Waals surface area contributed by atoms with Crippen LogP contribution in [0.15, 0.2) is 48.5 Å². The van der Waals surface area contributed by atoms with Crippen LogP contribution >= 0.6 is 0 Å². The van der Waals surface area contributed by atoms with E-state index in [0.29, 0.717) is 6.42 Å². The number of hydrogen-bond donors (Lipinski definition) is 2. The van der Waals surface area contributed by atoms with Gasteiger partial charge in [-0.25, -0.2) is 0 Å². The van der Waals surface area contributed by atoms with Crippen LogP contribution < -0.4 is 20.1 Å². The van der Waals surface area contributed by atoms with Gasteiger partial charge >= 0.3 is 0 Å². The first-order valence-electron chi connectivity index (χ1n) is 7.45. The first-order chi connectivity index (χ1) is 11.1. The van der Waals surface area contributed by atoms with Crippen LogP contribution in [0.4, 0.5) is 11.4 Å². The van der Waals surface area contributed by atoms with Gasteiger partial charge in [0, 0.05) is 23.8 Å². The number of anilines is 2. The zero-order valence-corrected chi connectivity index (χ0v) is 13.6. The van der Waals surface area contributed by atoms with Gasteiger partial charge in [0.2, 0.25) is 5.91 Å². The van der Waals surface area contributed by atoms with Crippen LogP contribution in [-0.4, -0.2) is 26.2 Å². The zero-order chi connectivity index (χ0) is 16.7. The lowest BCUT2D eigenvalue weighted by atomic mass is 10.2. The fourth-order valence-corrected chi connectivity index (χ4v) is 2.19. The summed E-state index contributed by atoms with van der Waals surface area (Å²) in [5.74, 6) is 1.53. The first-order valence-corrected chi connectivity index (χ1v) is 7.45. The molecule has 0 saturated heterocycles. The van der Waals surface area contributed by atoms with E-state index in [1.54, 1.807) is 14.2 Å². The molecule has 5 heteroatoms. The van der Waals surface area contributed by atoms with Crippen molar-refractivity contribution in [2.24, 2.45) is 0 Å². The highest BCUT2D eigenvalue weighted by atomic mass is 16.5. The van der Waals surface area contributed by atoms with Crippen LogP contribution in [0.25, 0.3) is 0 Å². The van der Waals surface area contributed by atoms with Gasteiger partial charge in [-0.1, -0.05) is 0 Å². The molecule has 1 atom stereocenters. The molecule has 122 valence electrons. The molecule has 0 saturated carbocycles. The summed E-state index contributed by atoms with van der Waals surface area (Å²) in [5.41, 5.74) is 1.71. The minimum absolute atomic E-state index is 0.0154. The predicted octanol–water partition coefficient (Wildman–Crippen LogP) is 3.53. The Balaban J connectivity index is 1.83. The largest absolute Gasteiger partial charge is 0.497 e. The van der Waals surface area contributed by atoms with Crippen LogP contribution in [0.1, 0.15) is 13.3 Å². The second-order valence-corrected chi connectivity index (χ2v) is 5.25. The Morgan fingerprint density at radius 1 is 0.913 bits per heavy atom. The fraction of sp³-hybridized carbons (Fsp3) is 0.278. The molecular formula is C18H22N2O3. The van der Waals surface area contributed by atoms with Crippen molar-refractivity contribution in [2.45, 2.75) is 19.4 Å². The predicted molar refractivity (Wildman–Crippen MR) is 92.3 cm³/mol.